The zero-order chi connectivity index (χ0) is 16.0. The van der Waals surface area contributed by atoms with Gasteiger partial charge in [0, 0.05) is 36.6 Å². The van der Waals surface area contributed by atoms with Crippen molar-refractivity contribution in [2.75, 3.05) is 24.7 Å². The molecule has 0 aromatic heterocycles. The van der Waals surface area contributed by atoms with Crippen molar-refractivity contribution in [3.63, 3.8) is 0 Å². The van der Waals surface area contributed by atoms with Gasteiger partial charge in [-0.1, -0.05) is 24.3 Å². The zero-order valence-electron chi connectivity index (χ0n) is 13.1. The molecule has 0 saturated heterocycles. The van der Waals surface area contributed by atoms with Crippen molar-refractivity contribution in [2.45, 2.75) is 13.8 Å². The summed E-state index contributed by atoms with van der Waals surface area (Å²) < 4.78 is 0. The molecule has 0 saturated carbocycles. The molecule has 0 unspecified atom stereocenters. The minimum atomic E-state index is -0.103. The molecule has 0 radical (unpaired) electrons. The van der Waals surface area contributed by atoms with Crippen molar-refractivity contribution < 1.29 is 9.59 Å². The number of hydrogen-bond acceptors (Lipinski definition) is 4. The molecule has 0 fully saturated rings. The highest BCUT2D eigenvalue weighted by atomic mass is 16.1. The number of hydrogen-bond donors (Lipinski definition) is 2. The first kappa shape index (κ1) is 14.3. The van der Waals surface area contributed by atoms with Gasteiger partial charge in [0.2, 0.25) is 0 Å². The standard InChI is InChI=1S/C18H18N2O2/c1-9-10(2)16(20-4)14-13(15(9)19-3)17(21)11-7-5-6-8-12(11)18(14)22/h5-8,19-20H,1-4H3. The molecule has 0 heterocycles. The molecule has 2 aromatic carbocycles. The van der Waals surface area contributed by atoms with Crippen LogP contribution in [0.4, 0.5) is 11.4 Å². The van der Waals surface area contributed by atoms with E-state index >= 15 is 0 Å². The summed E-state index contributed by atoms with van der Waals surface area (Å²) in [7, 11) is 3.55. The molecule has 2 aromatic rings. The lowest BCUT2D eigenvalue weighted by Crippen LogP contribution is -2.25. The maximum atomic E-state index is 12.9. The van der Waals surface area contributed by atoms with Crippen LogP contribution >= 0.6 is 0 Å². The fraction of sp³-hybridized carbons (Fsp3) is 0.222. The number of fused-ring (bicyclic) bond motifs is 2. The van der Waals surface area contributed by atoms with E-state index in [0.29, 0.717) is 22.3 Å². The van der Waals surface area contributed by atoms with Crippen LogP contribution in [0.25, 0.3) is 0 Å². The molecule has 0 bridgehead atoms. The summed E-state index contributed by atoms with van der Waals surface area (Å²) in [6.07, 6.45) is 0. The third-order valence-electron chi connectivity index (χ3n) is 4.43. The second-order valence-corrected chi connectivity index (χ2v) is 5.45. The van der Waals surface area contributed by atoms with Gasteiger partial charge in [-0.2, -0.15) is 0 Å². The molecular formula is C18H18N2O2. The lowest BCUT2D eigenvalue weighted by molar-refractivity contribution is 0.0980. The first-order valence-corrected chi connectivity index (χ1v) is 7.24. The van der Waals surface area contributed by atoms with Crippen LogP contribution in [0.1, 0.15) is 43.0 Å². The van der Waals surface area contributed by atoms with Crippen LogP contribution in [0.15, 0.2) is 24.3 Å². The number of benzene rings is 2. The monoisotopic (exact) mass is 294 g/mol. The fourth-order valence-electron chi connectivity index (χ4n) is 3.23. The van der Waals surface area contributed by atoms with E-state index in [4.69, 9.17) is 0 Å². The first-order valence-electron chi connectivity index (χ1n) is 7.24. The summed E-state index contributed by atoms with van der Waals surface area (Å²) in [5, 5.41) is 6.19. The number of ketones is 2. The van der Waals surface area contributed by atoms with E-state index in [1.165, 1.54) is 0 Å². The Morgan fingerprint density at radius 2 is 1.09 bits per heavy atom. The van der Waals surface area contributed by atoms with E-state index in [1.54, 1.807) is 38.4 Å². The Labute approximate surface area is 129 Å². The molecule has 1 aliphatic carbocycles. The predicted molar refractivity (Wildman–Crippen MR) is 88.3 cm³/mol. The zero-order valence-corrected chi connectivity index (χ0v) is 13.1. The van der Waals surface area contributed by atoms with Gasteiger partial charge in [-0.15, -0.1) is 0 Å². The SMILES string of the molecule is CNc1c(C)c(C)c(NC)c2c1C(=O)c1ccccc1C2=O. The molecule has 3 rings (SSSR count). The highest BCUT2D eigenvalue weighted by molar-refractivity contribution is 6.32. The molecule has 22 heavy (non-hydrogen) atoms. The van der Waals surface area contributed by atoms with Gasteiger partial charge in [0.1, 0.15) is 0 Å². The average Bonchev–Trinajstić information content (AvgIpc) is 2.54. The maximum Gasteiger partial charge on any atom is 0.196 e. The minimum absolute atomic E-state index is 0.103. The van der Waals surface area contributed by atoms with Gasteiger partial charge >= 0.3 is 0 Å². The lowest BCUT2D eigenvalue weighted by Gasteiger charge is -2.26. The van der Waals surface area contributed by atoms with Gasteiger partial charge in [0.25, 0.3) is 0 Å². The highest BCUT2D eigenvalue weighted by Crippen LogP contribution is 2.40. The third kappa shape index (κ3) is 1.70. The molecule has 2 N–H and O–H groups in total. The van der Waals surface area contributed by atoms with Crippen LogP contribution in [0.3, 0.4) is 0 Å². The van der Waals surface area contributed by atoms with E-state index in [9.17, 15) is 9.59 Å². The molecule has 0 amide bonds. The summed E-state index contributed by atoms with van der Waals surface area (Å²) in [5.74, 6) is -0.205. The van der Waals surface area contributed by atoms with Crippen LogP contribution in [0.5, 0.6) is 0 Å². The Morgan fingerprint density at radius 3 is 1.41 bits per heavy atom. The Kier molecular flexibility index (Phi) is 3.24. The van der Waals surface area contributed by atoms with Crippen molar-refractivity contribution in [2.24, 2.45) is 0 Å². The van der Waals surface area contributed by atoms with E-state index in [2.05, 4.69) is 10.6 Å². The Balaban J connectivity index is 2.46. The van der Waals surface area contributed by atoms with Crippen LogP contribution < -0.4 is 10.6 Å². The van der Waals surface area contributed by atoms with Crippen LogP contribution in [0.2, 0.25) is 0 Å². The molecule has 0 atom stereocenters. The van der Waals surface area contributed by atoms with E-state index < -0.39 is 0 Å². The molecule has 4 nitrogen and oxygen atoms in total. The van der Waals surface area contributed by atoms with E-state index in [0.717, 1.165) is 22.5 Å². The summed E-state index contributed by atoms with van der Waals surface area (Å²) in [6, 6.07) is 7.00. The van der Waals surface area contributed by atoms with Gasteiger partial charge in [-0.3, -0.25) is 9.59 Å². The van der Waals surface area contributed by atoms with Gasteiger partial charge < -0.3 is 10.6 Å². The molecule has 4 heteroatoms. The van der Waals surface area contributed by atoms with Gasteiger partial charge in [0.15, 0.2) is 11.6 Å². The fourth-order valence-corrected chi connectivity index (χ4v) is 3.23. The minimum Gasteiger partial charge on any atom is -0.387 e. The Bertz CT molecular complexity index is 754. The summed E-state index contributed by atoms with van der Waals surface area (Å²) in [4.78, 5) is 25.9. The molecule has 0 aliphatic heterocycles. The summed E-state index contributed by atoms with van der Waals surface area (Å²) in [5.41, 5.74) is 5.32. The smallest absolute Gasteiger partial charge is 0.196 e. The van der Waals surface area contributed by atoms with Crippen LogP contribution in [-0.4, -0.2) is 25.7 Å². The summed E-state index contributed by atoms with van der Waals surface area (Å²) in [6.45, 7) is 3.92. The van der Waals surface area contributed by atoms with Gasteiger partial charge in [-0.05, 0) is 25.0 Å². The van der Waals surface area contributed by atoms with Crippen molar-refractivity contribution in [3.05, 3.63) is 57.6 Å². The molecule has 0 spiro atoms. The lowest BCUT2D eigenvalue weighted by atomic mass is 9.80. The quantitative estimate of drug-likeness (QED) is 0.762. The largest absolute Gasteiger partial charge is 0.387 e. The molecule has 112 valence electrons. The van der Waals surface area contributed by atoms with Crippen molar-refractivity contribution in [3.8, 4) is 0 Å². The maximum absolute atomic E-state index is 12.9. The average molecular weight is 294 g/mol. The molecular weight excluding hydrogens is 276 g/mol. The normalized spacial score (nSPS) is 12.7. The van der Waals surface area contributed by atoms with Crippen molar-refractivity contribution in [1.29, 1.82) is 0 Å². The van der Waals surface area contributed by atoms with Crippen LogP contribution in [0, 0.1) is 13.8 Å². The number of carbonyl (C=O) groups excluding carboxylic acids is 2. The Hall–Kier alpha value is -2.62. The van der Waals surface area contributed by atoms with Crippen molar-refractivity contribution in [1.82, 2.24) is 0 Å². The predicted octanol–water partition coefficient (Wildman–Crippen LogP) is 3.16. The molecule has 1 aliphatic rings. The number of rotatable bonds is 2. The number of nitrogens with one attached hydrogen (secondary N) is 2. The number of carbonyl (C=O) groups is 2. The third-order valence-corrected chi connectivity index (χ3v) is 4.43. The van der Waals surface area contributed by atoms with E-state index in [-0.39, 0.29) is 11.6 Å². The van der Waals surface area contributed by atoms with Crippen LogP contribution in [-0.2, 0) is 0 Å². The van der Waals surface area contributed by atoms with E-state index in [1.807, 2.05) is 13.8 Å². The second-order valence-electron chi connectivity index (χ2n) is 5.45. The van der Waals surface area contributed by atoms with Gasteiger partial charge in [-0.25, -0.2) is 0 Å². The van der Waals surface area contributed by atoms with Gasteiger partial charge in [0.05, 0.1) is 11.1 Å². The topological polar surface area (TPSA) is 58.2 Å². The summed E-state index contributed by atoms with van der Waals surface area (Å²) >= 11 is 0. The second kappa shape index (κ2) is 4.98. The number of anilines is 2. The van der Waals surface area contributed by atoms with Crippen molar-refractivity contribution >= 4 is 22.9 Å². The highest BCUT2D eigenvalue weighted by Gasteiger charge is 2.35. The Morgan fingerprint density at radius 1 is 0.727 bits per heavy atom. The first-order chi connectivity index (χ1) is 10.5.